The summed E-state index contributed by atoms with van der Waals surface area (Å²) in [4.78, 5) is 0. The molecule has 52 valence electrons. The smallest absolute Gasteiger partial charge is 0.367 e. The fourth-order valence-corrected chi connectivity index (χ4v) is 0.450. The first-order chi connectivity index (χ1) is 4.20. The fourth-order valence-electron chi connectivity index (χ4n) is 0.450. The molecule has 0 bridgehead atoms. The van der Waals surface area contributed by atoms with Crippen molar-refractivity contribution >= 4 is 0 Å². The van der Waals surface area contributed by atoms with Crippen molar-refractivity contribution in [3.63, 3.8) is 0 Å². The Morgan fingerprint density at radius 3 is 1.60 bits per heavy atom. The molecule has 0 aliphatic carbocycles. The normalized spacial score (nSPS) is 14.6. The van der Waals surface area contributed by atoms with Gasteiger partial charge in [-0.15, -0.1) is 13.2 Å². The maximum absolute atomic E-state index is 5.31. The van der Waals surface area contributed by atoms with E-state index >= 15 is 0 Å². The van der Waals surface area contributed by atoms with Gasteiger partial charge in [-0.3, -0.25) is 0 Å². The molecule has 0 aromatic carbocycles. The Kier molecular flexibility index (Phi) is 9.07. The van der Waals surface area contributed by atoms with Crippen molar-refractivity contribution in [1.29, 1.82) is 0 Å². The Morgan fingerprint density at radius 1 is 1.10 bits per heavy atom. The van der Waals surface area contributed by atoms with Gasteiger partial charge in [0.15, 0.2) is 0 Å². The summed E-state index contributed by atoms with van der Waals surface area (Å²) in [7, 11) is 0. The number of ether oxygens (including phenoxy) is 1. The molecule has 2 heteroatoms. The molecule has 2 atom stereocenters. The Hall–Kier alpha value is 0.0374. The van der Waals surface area contributed by atoms with Crippen molar-refractivity contribution in [2.45, 2.75) is 26.1 Å². The van der Waals surface area contributed by atoms with Gasteiger partial charge in [0.2, 0.25) is 0 Å². The van der Waals surface area contributed by atoms with Gasteiger partial charge in [0.1, 0.15) is 0 Å². The minimum Gasteiger partial charge on any atom is -0.367 e. The van der Waals surface area contributed by atoms with E-state index in [0.29, 0.717) is 0 Å². The zero-order valence-electron chi connectivity index (χ0n) is 7.13. The first-order valence-electron chi connectivity index (χ1n) is 3.11. The van der Waals surface area contributed by atoms with Gasteiger partial charge in [-0.1, -0.05) is 12.2 Å². The van der Waals surface area contributed by atoms with Crippen LogP contribution in [-0.4, -0.2) is 12.2 Å². The molecule has 0 amide bonds. The van der Waals surface area contributed by atoms with Crippen LogP contribution >= 0.6 is 0 Å². The van der Waals surface area contributed by atoms with E-state index in [1.807, 2.05) is 13.8 Å². The van der Waals surface area contributed by atoms with E-state index in [4.69, 9.17) is 4.74 Å². The Bertz CT molecular complexity index is 89.4. The van der Waals surface area contributed by atoms with Gasteiger partial charge < -0.3 is 4.74 Å². The van der Waals surface area contributed by atoms with Crippen LogP contribution in [0.1, 0.15) is 13.8 Å². The van der Waals surface area contributed by atoms with Crippen LogP contribution in [0.2, 0.25) is 0 Å². The van der Waals surface area contributed by atoms with Gasteiger partial charge in [0.05, 0.1) is 12.2 Å². The van der Waals surface area contributed by atoms with E-state index < -0.39 is 0 Å². The summed E-state index contributed by atoms with van der Waals surface area (Å²) in [5, 5.41) is 0. The molecule has 0 N–H and O–H groups in total. The van der Waals surface area contributed by atoms with Crippen molar-refractivity contribution in [3.05, 3.63) is 25.3 Å². The third kappa shape index (κ3) is 6.16. The van der Waals surface area contributed by atoms with Gasteiger partial charge in [-0.05, 0) is 13.8 Å². The molecule has 0 aliphatic heterocycles. The molecule has 0 rings (SSSR count). The van der Waals surface area contributed by atoms with Crippen molar-refractivity contribution in [2.24, 2.45) is 0 Å². The molecule has 0 aliphatic rings. The standard InChI is InChI=1S/C8H14O.Li/c1-5-7(3)9-8(4)6-2;/h5-8H,1-2H2,3-4H3;/q;+1. The molecule has 0 saturated carbocycles. The Balaban J connectivity index is 0. The van der Waals surface area contributed by atoms with E-state index in [2.05, 4.69) is 13.2 Å². The maximum atomic E-state index is 5.31. The van der Waals surface area contributed by atoms with Crippen LogP contribution in [0.4, 0.5) is 0 Å². The maximum Gasteiger partial charge on any atom is 1.00 e. The molecule has 0 aromatic heterocycles. The molecular formula is C8H14LiO+. The van der Waals surface area contributed by atoms with Crippen LogP contribution in [0.3, 0.4) is 0 Å². The molecule has 0 fully saturated rings. The van der Waals surface area contributed by atoms with Gasteiger partial charge >= 0.3 is 18.9 Å². The first-order valence-corrected chi connectivity index (χ1v) is 3.11. The zero-order chi connectivity index (χ0) is 7.28. The minimum absolute atomic E-state index is 0. The summed E-state index contributed by atoms with van der Waals surface area (Å²) in [6.45, 7) is 11.1. The van der Waals surface area contributed by atoms with E-state index in [1.54, 1.807) is 12.2 Å². The minimum atomic E-state index is 0. The quantitative estimate of drug-likeness (QED) is 0.359. The molecular weight excluding hydrogens is 119 g/mol. The summed E-state index contributed by atoms with van der Waals surface area (Å²) < 4.78 is 5.31. The fraction of sp³-hybridized carbons (Fsp3) is 0.500. The summed E-state index contributed by atoms with van der Waals surface area (Å²) in [6.07, 6.45) is 3.77. The summed E-state index contributed by atoms with van der Waals surface area (Å²) in [5.74, 6) is 0. The van der Waals surface area contributed by atoms with Crippen molar-refractivity contribution < 1.29 is 23.6 Å². The van der Waals surface area contributed by atoms with Crippen molar-refractivity contribution in [1.82, 2.24) is 0 Å². The Labute approximate surface area is 75.3 Å². The molecule has 0 radical (unpaired) electrons. The van der Waals surface area contributed by atoms with Crippen LogP contribution in [0.5, 0.6) is 0 Å². The summed E-state index contributed by atoms with van der Waals surface area (Å²) in [6, 6.07) is 0. The largest absolute Gasteiger partial charge is 1.00 e. The molecule has 0 saturated heterocycles. The summed E-state index contributed by atoms with van der Waals surface area (Å²) in [5.41, 5.74) is 0. The van der Waals surface area contributed by atoms with Gasteiger partial charge in [0, 0.05) is 0 Å². The average Bonchev–Trinajstić information content (AvgIpc) is 1.87. The summed E-state index contributed by atoms with van der Waals surface area (Å²) >= 11 is 0. The Morgan fingerprint density at radius 2 is 1.40 bits per heavy atom. The first kappa shape index (κ1) is 12.7. The molecule has 10 heavy (non-hydrogen) atoms. The van der Waals surface area contributed by atoms with E-state index in [9.17, 15) is 0 Å². The topological polar surface area (TPSA) is 9.23 Å². The molecule has 2 unspecified atom stereocenters. The molecule has 0 aromatic rings. The zero-order valence-corrected chi connectivity index (χ0v) is 7.13. The third-order valence-electron chi connectivity index (χ3n) is 1.09. The molecule has 0 spiro atoms. The number of hydrogen-bond acceptors (Lipinski definition) is 1. The van der Waals surface area contributed by atoms with E-state index in [0.717, 1.165) is 0 Å². The van der Waals surface area contributed by atoms with E-state index in [1.165, 1.54) is 0 Å². The average molecular weight is 133 g/mol. The monoisotopic (exact) mass is 133 g/mol. The van der Waals surface area contributed by atoms with Crippen molar-refractivity contribution in [3.8, 4) is 0 Å². The molecule has 1 nitrogen and oxygen atoms in total. The second-order valence-corrected chi connectivity index (χ2v) is 2.02. The second-order valence-electron chi connectivity index (χ2n) is 2.02. The van der Waals surface area contributed by atoms with Crippen molar-refractivity contribution in [2.75, 3.05) is 0 Å². The number of hydrogen-bond donors (Lipinski definition) is 0. The van der Waals surface area contributed by atoms with Gasteiger partial charge in [0.25, 0.3) is 0 Å². The number of rotatable bonds is 4. The SMILES string of the molecule is C=CC(C)OC(C)C=C.[Li+]. The predicted octanol–water partition coefficient (Wildman–Crippen LogP) is -0.844. The van der Waals surface area contributed by atoms with Gasteiger partial charge in [-0.2, -0.15) is 0 Å². The molecule has 0 heterocycles. The van der Waals surface area contributed by atoms with Crippen LogP contribution in [0.15, 0.2) is 25.3 Å². The van der Waals surface area contributed by atoms with Crippen LogP contribution < -0.4 is 18.9 Å². The van der Waals surface area contributed by atoms with E-state index in [-0.39, 0.29) is 31.1 Å². The second kappa shape index (κ2) is 7.15. The van der Waals surface area contributed by atoms with Crippen LogP contribution in [-0.2, 0) is 4.74 Å². The van der Waals surface area contributed by atoms with Gasteiger partial charge in [-0.25, -0.2) is 0 Å². The van der Waals surface area contributed by atoms with Crippen LogP contribution in [0.25, 0.3) is 0 Å². The van der Waals surface area contributed by atoms with Crippen LogP contribution in [0, 0.1) is 0 Å². The third-order valence-corrected chi connectivity index (χ3v) is 1.09. The predicted molar refractivity (Wildman–Crippen MR) is 40.4 cm³/mol.